The summed E-state index contributed by atoms with van der Waals surface area (Å²) in [6.45, 7) is 12.1. The highest BCUT2D eigenvalue weighted by Gasteiger charge is 2.39. The van der Waals surface area contributed by atoms with Gasteiger partial charge in [0.1, 0.15) is 0 Å². The van der Waals surface area contributed by atoms with E-state index in [4.69, 9.17) is 0 Å². The molecule has 0 amide bonds. The van der Waals surface area contributed by atoms with Crippen LogP contribution in [-0.4, -0.2) is 36.6 Å². The zero-order valence-electron chi connectivity index (χ0n) is 8.43. The minimum Gasteiger partial charge on any atom is -0.316 e. The smallest absolute Gasteiger partial charge is 0.0125 e. The van der Waals surface area contributed by atoms with Gasteiger partial charge in [0.2, 0.25) is 0 Å². The molecular formula is C10H20N2. The lowest BCUT2D eigenvalue weighted by molar-refractivity contribution is 0.162. The number of rotatable bonds is 0. The average molecular weight is 168 g/mol. The van der Waals surface area contributed by atoms with Crippen LogP contribution in [0, 0.1) is 11.8 Å². The van der Waals surface area contributed by atoms with Crippen molar-refractivity contribution in [2.24, 2.45) is 11.8 Å². The average Bonchev–Trinajstić information content (AvgIpc) is 2.37. The SMILES string of the molecule is CC(C)(C)N1CC2CNC[C@H]2C1. The molecule has 2 atom stereocenters. The zero-order chi connectivity index (χ0) is 8.77. The third-order valence-corrected chi connectivity index (χ3v) is 3.34. The first-order chi connectivity index (χ1) is 5.57. The number of likely N-dealkylation sites (tertiary alicyclic amines) is 1. The number of nitrogens with one attached hydrogen (secondary N) is 1. The molecule has 2 aliphatic rings. The fraction of sp³-hybridized carbons (Fsp3) is 1.00. The molecule has 1 unspecified atom stereocenters. The van der Waals surface area contributed by atoms with Gasteiger partial charge < -0.3 is 5.32 Å². The predicted molar refractivity (Wildman–Crippen MR) is 51.2 cm³/mol. The van der Waals surface area contributed by atoms with Crippen LogP contribution in [0.25, 0.3) is 0 Å². The maximum Gasteiger partial charge on any atom is 0.0125 e. The van der Waals surface area contributed by atoms with E-state index in [2.05, 4.69) is 31.0 Å². The molecule has 0 aromatic heterocycles. The summed E-state index contributed by atoms with van der Waals surface area (Å²) in [6, 6.07) is 0. The molecule has 2 saturated heterocycles. The summed E-state index contributed by atoms with van der Waals surface area (Å²) in [5, 5.41) is 3.47. The van der Waals surface area contributed by atoms with Crippen LogP contribution in [0.2, 0.25) is 0 Å². The van der Waals surface area contributed by atoms with Gasteiger partial charge in [-0.3, -0.25) is 4.90 Å². The van der Waals surface area contributed by atoms with E-state index < -0.39 is 0 Å². The van der Waals surface area contributed by atoms with Gasteiger partial charge in [0.25, 0.3) is 0 Å². The Balaban J connectivity index is 1.99. The Morgan fingerprint density at radius 2 is 1.58 bits per heavy atom. The molecule has 2 nitrogen and oxygen atoms in total. The molecule has 2 aliphatic heterocycles. The van der Waals surface area contributed by atoms with Crippen LogP contribution in [0.4, 0.5) is 0 Å². The first-order valence-corrected chi connectivity index (χ1v) is 5.03. The van der Waals surface area contributed by atoms with Crippen LogP contribution in [0.15, 0.2) is 0 Å². The molecular weight excluding hydrogens is 148 g/mol. The predicted octanol–water partition coefficient (Wildman–Crippen LogP) is 0.936. The molecule has 0 bridgehead atoms. The van der Waals surface area contributed by atoms with Crippen molar-refractivity contribution in [3.8, 4) is 0 Å². The van der Waals surface area contributed by atoms with E-state index >= 15 is 0 Å². The van der Waals surface area contributed by atoms with Crippen molar-refractivity contribution < 1.29 is 0 Å². The Morgan fingerprint density at radius 3 is 2.00 bits per heavy atom. The highest BCUT2D eigenvalue weighted by atomic mass is 15.2. The van der Waals surface area contributed by atoms with E-state index in [9.17, 15) is 0 Å². The summed E-state index contributed by atoms with van der Waals surface area (Å²) in [4.78, 5) is 2.63. The van der Waals surface area contributed by atoms with Crippen LogP contribution in [0.3, 0.4) is 0 Å². The summed E-state index contributed by atoms with van der Waals surface area (Å²) in [5.41, 5.74) is 0.379. The van der Waals surface area contributed by atoms with Crippen molar-refractivity contribution in [1.82, 2.24) is 10.2 Å². The molecule has 0 spiro atoms. The maximum absolute atomic E-state index is 3.47. The molecule has 0 radical (unpaired) electrons. The van der Waals surface area contributed by atoms with E-state index in [1.54, 1.807) is 0 Å². The topological polar surface area (TPSA) is 15.3 Å². The summed E-state index contributed by atoms with van der Waals surface area (Å²) < 4.78 is 0. The van der Waals surface area contributed by atoms with E-state index in [1.165, 1.54) is 26.2 Å². The normalized spacial score (nSPS) is 37.2. The first-order valence-electron chi connectivity index (χ1n) is 5.03. The quantitative estimate of drug-likeness (QED) is 0.579. The number of hydrogen-bond donors (Lipinski definition) is 1. The van der Waals surface area contributed by atoms with Crippen molar-refractivity contribution in [3.63, 3.8) is 0 Å². The van der Waals surface area contributed by atoms with Gasteiger partial charge in [-0.2, -0.15) is 0 Å². The number of hydrogen-bond acceptors (Lipinski definition) is 2. The molecule has 2 rings (SSSR count). The van der Waals surface area contributed by atoms with Crippen LogP contribution in [0.1, 0.15) is 20.8 Å². The molecule has 0 aliphatic carbocycles. The minimum absolute atomic E-state index is 0.379. The van der Waals surface area contributed by atoms with Gasteiger partial charge in [0.05, 0.1) is 0 Å². The standard InChI is InChI=1S/C10H20N2/c1-10(2,3)12-6-8-4-11-5-9(8)7-12/h8-9,11H,4-7H2,1-3H3/t8-,9?/m0/s1. The molecule has 0 saturated carbocycles. The van der Waals surface area contributed by atoms with Gasteiger partial charge in [-0.05, 0) is 45.7 Å². The summed E-state index contributed by atoms with van der Waals surface area (Å²) in [7, 11) is 0. The molecule has 2 heterocycles. The second-order valence-electron chi connectivity index (χ2n) is 5.25. The summed E-state index contributed by atoms with van der Waals surface area (Å²) in [5.74, 6) is 1.87. The molecule has 0 aromatic carbocycles. The number of fused-ring (bicyclic) bond motifs is 1. The van der Waals surface area contributed by atoms with Gasteiger partial charge >= 0.3 is 0 Å². The third-order valence-electron chi connectivity index (χ3n) is 3.34. The summed E-state index contributed by atoms with van der Waals surface area (Å²) >= 11 is 0. The largest absolute Gasteiger partial charge is 0.316 e. The van der Waals surface area contributed by atoms with Gasteiger partial charge in [-0.25, -0.2) is 0 Å². The number of nitrogens with zero attached hydrogens (tertiary/aromatic N) is 1. The molecule has 1 N–H and O–H groups in total. The second-order valence-corrected chi connectivity index (χ2v) is 5.25. The van der Waals surface area contributed by atoms with E-state index in [1.807, 2.05) is 0 Å². The molecule has 12 heavy (non-hydrogen) atoms. The lowest BCUT2D eigenvalue weighted by Crippen LogP contribution is -2.41. The Morgan fingerprint density at radius 1 is 1.08 bits per heavy atom. The Hall–Kier alpha value is -0.0800. The molecule has 70 valence electrons. The molecule has 0 aromatic rings. The van der Waals surface area contributed by atoms with Crippen LogP contribution >= 0.6 is 0 Å². The fourth-order valence-electron chi connectivity index (χ4n) is 2.40. The first kappa shape index (κ1) is 8.52. The van der Waals surface area contributed by atoms with Crippen molar-refractivity contribution in [2.45, 2.75) is 26.3 Å². The summed E-state index contributed by atoms with van der Waals surface area (Å²) in [6.07, 6.45) is 0. The lowest BCUT2D eigenvalue weighted by Gasteiger charge is -2.32. The molecule has 2 fully saturated rings. The second kappa shape index (κ2) is 2.71. The van der Waals surface area contributed by atoms with Gasteiger partial charge in [0, 0.05) is 18.6 Å². The van der Waals surface area contributed by atoms with E-state index in [0.29, 0.717) is 5.54 Å². The van der Waals surface area contributed by atoms with Crippen LogP contribution in [0.5, 0.6) is 0 Å². The van der Waals surface area contributed by atoms with Gasteiger partial charge in [-0.1, -0.05) is 0 Å². The van der Waals surface area contributed by atoms with Gasteiger partial charge in [-0.15, -0.1) is 0 Å². The van der Waals surface area contributed by atoms with Crippen molar-refractivity contribution in [3.05, 3.63) is 0 Å². The minimum atomic E-state index is 0.379. The highest BCUT2D eigenvalue weighted by Crippen LogP contribution is 2.30. The fourth-order valence-corrected chi connectivity index (χ4v) is 2.40. The van der Waals surface area contributed by atoms with E-state index in [-0.39, 0.29) is 0 Å². The van der Waals surface area contributed by atoms with Crippen molar-refractivity contribution in [2.75, 3.05) is 26.2 Å². The monoisotopic (exact) mass is 168 g/mol. The molecule has 2 heteroatoms. The lowest BCUT2D eigenvalue weighted by atomic mass is 10.0. The Labute approximate surface area is 75.3 Å². The zero-order valence-corrected chi connectivity index (χ0v) is 8.43. The van der Waals surface area contributed by atoms with Crippen LogP contribution < -0.4 is 5.32 Å². The Bertz CT molecular complexity index is 159. The van der Waals surface area contributed by atoms with Crippen molar-refractivity contribution in [1.29, 1.82) is 0 Å². The van der Waals surface area contributed by atoms with E-state index in [0.717, 1.165) is 11.8 Å². The van der Waals surface area contributed by atoms with Gasteiger partial charge in [0.15, 0.2) is 0 Å². The van der Waals surface area contributed by atoms with Crippen molar-refractivity contribution >= 4 is 0 Å². The van der Waals surface area contributed by atoms with Crippen LogP contribution in [-0.2, 0) is 0 Å². The third kappa shape index (κ3) is 1.38. The Kier molecular flexibility index (Phi) is 1.92. The maximum atomic E-state index is 3.47. The highest BCUT2D eigenvalue weighted by molar-refractivity contribution is 4.94.